The summed E-state index contributed by atoms with van der Waals surface area (Å²) in [4.78, 5) is 15.0. The van der Waals surface area contributed by atoms with Crippen LogP contribution < -0.4 is 0 Å². The molecule has 55 heavy (non-hydrogen) atoms. The van der Waals surface area contributed by atoms with Gasteiger partial charge in [-0.3, -0.25) is 0 Å². The molecule has 0 fully saturated rings. The third-order valence-corrected chi connectivity index (χ3v) is 10.7. The Morgan fingerprint density at radius 1 is 0.236 bits per heavy atom. The number of rotatable bonds is 5. The van der Waals surface area contributed by atoms with Crippen molar-refractivity contribution in [1.82, 2.24) is 15.0 Å². The predicted molar refractivity (Wildman–Crippen MR) is 227 cm³/mol. The number of furan rings is 1. The minimum Gasteiger partial charge on any atom is -0.456 e. The van der Waals surface area contributed by atoms with E-state index < -0.39 is 0 Å². The van der Waals surface area contributed by atoms with Crippen molar-refractivity contribution in [2.75, 3.05) is 0 Å². The molecule has 4 nitrogen and oxygen atoms in total. The highest BCUT2D eigenvalue weighted by molar-refractivity contribution is 6.25. The van der Waals surface area contributed by atoms with E-state index in [9.17, 15) is 0 Å². The molecule has 0 bridgehead atoms. The lowest BCUT2D eigenvalue weighted by Gasteiger charge is -2.12. The molecule has 256 valence electrons. The van der Waals surface area contributed by atoms with Gasteiger partial charge in [-0.1, -0.05) is 158 Å². The summed E-state index contributed by atoms with van der Waals surface area (Å²) in [5.41, 5.74) is 8.92. The van der Waals surface area contributed by atoms with Crippen LogP contribution in [0, 0.1) is 0 Å². The van der Waals surface area contributed by atoms with Gasteiger partial charge in [-0.25, -0.2) is 15.0 Å². The Hall–Kier alpha value is -7.43. The van der Waals surface area contributed by atoms with E-state index in [1.165, 1.54) is 32.3 Å². The Morgan fingerprint density at radius 3 is 1.16 bits per heavy atom. The highest BCUT2D eigenvalue weighted by Gasteiger charge is 2.16. The molecule has 0 aliphatic heterocycles. The summed E-state index contributed by atoms with van der Waals surface area (Å²) in [6, 6.07) is 65.8. The van der Waals surface area contributed by atoms with Crippen LogP contribution in [0.15, 0.2) is 192 Å². The number of fused-ring (bicyclic) bond motifs is 9. The molecule has 0 aliphatic rings. The lowest BCUT2D eigenvalue weighted by atomic mass is 9.92. The smallest absolute Gasteiger partial charge is 0.164 e. The average Bonchev–Trinajstić information content (AvgIpc) is 3.64. The van der Waals surface area contributed by atoms with Crippen LogP contribution in [0.5, 0.6) is 0 Å². The van der Waals surface area contributed by atoms with Gasteiger partial charge < -0.3 is 4.42 Å². The van der Waals surface area contributed by atoms with Crippen molar-refractivity contribution in [3.05, 3.63) is 188 Å². The highest BCUT2D eigenvalue weighted by Crippen LogP contribution is 2.38. The lowest BCUT2D eigenvalue weighted by Crippen LogP contribution is -2.00. The molecule has 9 aromatic carbocycles. The van der Waals surface area contributed by atoms with Crippen molar-refractivity contribution in [3.8, 4) is 56.4 Å². The fraction of sp³-hybridized carbons (Fsp3) is 0. The zero-order chi connectivity index (χ0) is 36.3. The second kappa shape index (κ2) is 12.6. The van der Waals surface area contributed by atoms with Crippen molar-refractivity contribution in [1.29, 1.82) is 0 Å². The maximum atomic E-state index is 6.46. The van der Waals surface area contributed by atoms with E-state index in [0.717, 1.165) is 60.9 Å². The van der Waals surface area contributed by atoms with Gasteiger partial charge in [0.2, 0.25) is 0 Å². The maximum Gasteiger partial charge on any atom is 0.164 e. The molecule has 2 aromatic heterocycles. The van der Waals surface area contributed by atoms with Gasteiger partial charge in [-0.2, -0.15) is 0 Å². The van der Waals surface area contributed by atoms with Crippen molar-refractivity contribution in [2.24, 2.45) is 0 Å². The summed E-state index contributed by atoms with van der Waals surface area (Å²) < 4.78 is 6.46. The highest BCUT2D eigenvalue weighted by atomic mass is 16.3. The summed E-state index contributed by atoms with van der Waals surface area (Å²) in [7, 11) is 0. The standard InChI is InChI=1S/C51H31N3O/c1-3-11-32(12-4-1)37-24-27-44-45-28-25-38(31-48(45)55-47(44)30-37)51-53-49(34-13-5-2-6-14-34)52-50(54-51)35-21-19-33(20-22-35)36-23-26-43-41-17-8-7-15-39(41)40-16-9-10-18-42(40)46(43)29-36/h1-31H. The maximum absolute atomic E-state index is 6.46. The van der Waals surface area contributed by atoms with Gasteiger partial charge in [0.05, 0.1) is 0 Å². The molecular weight excluding hydrogens is 671 g/mol. The Bertz CT molecular complexity index is 3210. The number of benzene rings is 9. The van der Waals surface area contributed by atoms with Crippen LogP contribution in [0.2, 0.25) is 0 Å². The molecule has 4 heteroatoms. The first kappa shape index (κ1) is 31.1. The third kappa shape index (κ3) is 5.34. The van der Waals surface area contributed by atoms with Crippen molar-refractivity contribution in [2.45, 2.75) is 0 Å². The van der Waals surface area contributed by atoms with Crippen LogP contribution in [-0.2, 0) is 0 Å². The van der Waals surface area contributed by atoms with Gasteiger partial charge in [-0.15, -0.1) is 0 Å². The summed E-state index contributed by atoms with van der Waals surface area (Å²) >= 11 is 0. The first-order chi connectivity index (χ1) is 27.2. The quantitative estimate of drug-likeness (QED) is 0.168. The zero-order valence-corrected chi connectivity index (χ0v) is 29.6. The van der Waals surface area contributed by atoms with E-state index >= 15 is 0 Å². The van der Waals surface area contributed by atoms with E-state index in [1.807, 2.05) is 42.5 Å². The molecule has 2 heterocycles. The van der Waals surface area contributed by atoms with Gasteiger partial charge >= 0.3 is 0 Å². The fourth-order valence-electron chi connectivity index (χ4n) is 7.98. The van der Waals surface area contributed by atoms with Gasteiger partial charge in [0.25, 0.3) is 0 Å². The van der Waals surface area contributed by atoms with Crippen LogP contribution in [0.3, 0.4) is 0 Å². The number of hydrogen-bond donors (Lipinski definition) is 0. The molecule has 0 spiro atoms. The molecule has 11 rings (SSSR count). The van der Waals surface area contributed by atoms with Gasteiger partial charge in [0.1, 0.15) is 11.2 Å². The predicted octanol–water partition coefficient (Wildman–Crippen LogP) is 13.6. The molecule has 11 aromatic rings. The first-order valence-electron chi connectivity index (χ1n) is 18.5. The second-order valence-corrected chi connectivity index (χ2v) is 14.0. The molecule has 0 unspecified atom stereocenters. The summed E-state index contributed by atoms with van der Waals surface area (Å²) in [5, 5.41) is 9.74. The van der Waals surface area contributed by atoms with Gasteiger partial charge in [0.15, 0.2) is 17.5 Å². The molecule has 0 aliphatic carbocycles. The topological polar surface area (TPSA) is 51.8 Å². The minimum atomic E-state index is 0.592. The van der Waals surface area contributed by atoms with E-state index in [2.05, 4.69) is 146 Å². The van der Waals surface area contributed by atoms with Crippen LogP contribution in [0.4, 0.5) is 0 Å². The summed E-state index contributed by atoms with van der Waals surface area (Å²) in [6.07, 6.45) is 0. The Labute approximate surface area is 317 Å². The number of aromatic nitrogens is 3. The molecule has 0 radical (unpaired) electrons. The van der Waals surface area contributed by atoms with Crippen molar-refractivity contribution >= 4 is 54.3 Å². The average molecular weight is 702 g/mol. The van der Waals surface area contributed by atoms with E-state index in [1.54, 1.807) is 0 Å². The minimum absolute atomic E-state index is 0.592. The fourth-order valence-corrected chi connectivity index (χ4v) is 7.98. The molecule has 0 N–H and O–H groups in total. The first-order valence-corrected chi connectivity index (χ1v) is 18.5. The van der Waals surface area contributed by atoms with Crippen molar-refractivity contribution < 1.29 is 4.42 Å². The SMILES string of the molecule is c1ccc(-c2ccc3c(c2)oc2cc(-c4nc(-c5ccccc5)nc(-c5ccc(-c6ccc7c8ccccc8c8ccccc8c7c6)cc5)n4)ccc23)cc1. The number of hydrogen-bond acceptors (Lipinski definition) is 4. The summed E-state index contributed by atoms with van der Waals surface area (Å²) in [6.45, 7) is 0. The second-order valence-electron chi connectivity index (χ2n) is 14.0. The van der Waals surface area contributed by atoms with Gasteiger partial charge in [-0.05, 0) is 84.9 Å². The van der Waals surface area contributed by atoms with Crippen LogP contribution in [0.25, 0.3) is 111 Å². The Morgan fingerprint density at radius 2 is 0.582 bits per heavy atom. The van der Waals surface area contributed by atoms with Crippen LogP contribution in [0.1, 0.15) is 0 Å². The largest absolute Gasteiger partial charge is 0.456 e. The lowest BCUT2D eigenvalue weighted by molar-refractivity contribution is 0.669. The zero-order valence-electron chi connectivity index (χ0n) is 29.6. The van der Waals surface area contributed by atoms with E-state index in [4.69, 9.17) is 19.4 Å². The molecule has 0 amide bonds. The Kier molecular flexibility index (Phi) is 7.14. The van der Waals surface area contributed by atoms with Gasteiger partial charge in [0, 0.05) is 27.5 Å². The molecule has 0 saturated carbocycles. The number of nitrogens with zero attached hydrogens (tertiary/aromatic N) is 3. The molecular formula is C51H31N3O. The van der Waals surface area contributed by atoms with Crippen LogP contribution in [-0.4, -0.2) is 15.0 Å². The Balaban J connectivity index is 0.993. The monoisotopic (exact) mass is 701 g/mol. The molecule has 0 atom stereocenters. The van der Waals surface area contributed by atoms with E-state index in [0.29, 0.717) is 17.5 Å². The molecule has 0 saturated heterocycles. The third-order valence-electron chi connectivity index (χ3n) is 10.7. The normalized spacial score (nSPS) is 11.6. The van der Waals surface area contributed by atoms with Crippen molar-refractivity contribution in [3.63, 3.8) is 0 Å². The van der Waals surface area contributed by atoms with E-state index in [-0.39, 0.29) is 0 Å². The van der Waals surface area contributed by atoms with Crippen LogP contribution >= 0.6 is 0 Å². The summed E-state index contributed by atoms with van der Waals surface area (Å²) in [5.74, 6) is 1.83.